The van der Waals surface area contributed by atoms with Crippen molar-refractivity contribution in [3.05, 3.63) is 57.6 Å². The molecule has 0 saturated carbocycles. The molecule has 0 bridgehead atoms. The molecular weight excluding hydrogens is 424 g/mol. The molecule has 2 aromatic rings. The van der Waals surface area contributed by atoms with E-state index in [0.717, 1.165) is 22.4 Å². The Bertz CT molecular complexity index is 915. The first-order valence-electron chi connectivity index (χ1n) is 10.4. The molecule has 0 radical (unpaired) electrons. The molecule has 0 amide bonds. The minimum absolute atomic E-state index is 0.450. The molecule has 8 heteroatoms. The van der Waals surface area contributed by atoms with Crippen LogP contribution in [0.2, 0.25) is 5.02 Å². The number of benzene rings is 2. The first-order valence-corrected chi connectivity index (χ1v) is 10.8. The molecule has 2 heterocycles. The topological polar surface area (TPSA) is 109 Å². The third-order valence-corrected chi connectivity index (χ3v) is 6.31. The van der Waals surface area contributed by atoms with E-state index in [1.165, 1.54) is 0 Å². The maximum Gasteiger partial charge on any atom is 0.130 e. The average Bonchev–Trinajstić information content (AvgIpc) is 3.27. The van der Waals surface area contributed by atoms with Crippen molar-refractivity contribution in [2.24, 2.45) is 0 Å². The summed E-state index contributed by atoms with van der Waals surface area (Å²) in [6.07, 6.45) is -5.06. The highest BCUT2D eigenvalue weighted by Crippen LogP contribution is 2.45. The van der Waals surface area contributed by atoms with E-state index in [1.54, 1.807) is 0 Å². The van der Waals surface area contributed by atoms with Gasteiger partial charge in [0.1, 0.15) is 42.0 Å². The van der Waals surface area contributed by atoms with Crippen LogP contribution < -0.4 is 9.47 Å². The number of halogens is 1. The first kappa shape index (κ1) is 22.3. The fraction of sp³-hybridized carbons (Fsp3) is 0.478. The molecule has 0 spiro atoms. The predicted octanol–water partition coefficient (Wildman–Crippen LogP) is 1.78. The summed E-state index contributed by atoms with van der Waals surface area (Å²) in [6.45, 7) is 2.49. The van der Waals surface area contributed by atoms with E-state index in [1.807, 2.05) is 37.3 Å². The zero-order valence-corrected chi connectivity index (χ0v) is 18.0. The summed E-state index contributed by atoms with van der Waals surface area (Å²) in [4.78, 5) is 0. The summed E-state index contributed by atoms with van der Waals surface area (Å²) in [6, 6.07) is 9.57. The van der Waals surface area contributed by atoms with E-state index >= 15 is 0 Å². The second-order valence-corrected chi connectivity index (χ2v) is 8.23. The maximum atomic E-state index is 10.6. The van der Waals surface area contributed by atoms with Crippen molar-refractivity contribution >= 4 is 11.6 Å². The van der Waals surface area contributed by atoms with Crippen molar-refractivity contribution in [2.45, 2.75) is 50.3 Å². The third-order valence-electron chi connectivity index (χ3n) is 5.84. The Morgan fingerprint density at radius 3 is 2.52 bits per heavy atom. The molecule has 2 aromatic carbocycles. The quantitative estimate of drug-likeness (QED) is 0.531. The molecule has 0 aromatic heterocycles. The minimum atomic E-state index is -1.46. The monoisotopic (exact) mass is 450 g/mol. The van der Waals surface area contributed by atoms with Crippen LogP contribution in [0.4, 0.5) is 0 Å². The fourth-order valence-electron chi connectivity index (χ4n) is 4.22. The molecule has 2 aliphatic rings. The molecule has 0 aliphatic carbocycles. The van der Waals surface area contributed by atoms with Crippen molar-refractivity contribution < 1.29 is 34.6 Å². The van der Waals surface area contributed by atoms with Gasteiger partial charge in [-0.05, 0) is 42.7 Å². The van der Waals surface area contributed by atoms with Crippen LogP contribution in [0.25, 0.3) is 0 Å². The molecule has 168 valence electrons. The lowest BCUT2D eigenvalue weighted by atomic mass is 9.88. The molecule has 4 rings (SSSR count). The van der Waals surface area contributed by atoms with Crippen molar-refractivity contribution in [1.82, 2.24) is 0 Å². The van der Waals surface area contributed by atoms with E-state index in [4.69, 9.17) is 25.8 Å². The fourth-order valence-corrected chi connectivity index (χ4v) is 4.52. The summed E-state index contributed by atoms with van der Waals surface area (Å²) >= 11 is 6.70. The van der Waals surface area contributed by atoms with Gasteiger partial charge in [0.25, 0.3) is 0 Å². The van der Waals surface area contributed by atoms with Gasteiger partial charge in [0.2, 0.25) is 0 Å². The van der Waals surface area contributed by atoms with Gasteiger partial charge < -0.3 is 34.6 Å². The van der Waals surface area contributed by atoms with Gasteiger partial charge in [-0.1, -0.05) is 23.7 Å². The molecule has 5 atom stereocenters. The summed E-state index contributed by atoms with van der Waals surface area (Å²) in [5.74, 6) is 1.33. The number of rotatable bonds is 6. The summed E-state index contributed by atoms with van der Waals surface area (Å²) < 4.78 is 17.1. The first-order chi connectivity index (χ1) is 14.9. The van der Waals surface area contributed by atoms with Crippen LogP contribution >= 0.6 is 11.6 Å². The van der Waals surface area contributed by atoms with Crippen LogP contribution in [0.3, 0.4) is 0 Å². The summed E-state index contributed by atoms with van der Waals surface area (Å²) in [5, 5.41) is 41.1. The molecule has 1 fully saturated rings. The Morgan fingerprint density at radius 2 is 1.84 bits per heavy atom. The lowest BCUT2D eigenvalue weighted by Crippen LogP contribution is -2.55. The Balaban J connectivity index is 1.70. The number of hydrogen-bond donors (Lipinski definition) is 4. The zero-order valence-electron chi connectivity index (χ0n) is 17.2. The summed E-state index contributed by atoms with van der Waals surface area (Å²) in [5.41, 5.74) is 3.25. The third kappa shape index (κ3) is 4.26. The molecule has 4 N–H and O–H groups in total. The highest BCUT2D eigenvalue weighted by molar-refractivity contribution is 6.32. The predicted molar refractivity (Wildman–Crippen MR) is 114 cm³/mol. The number of ether oxygens (including phenoxy) is 3. The standard InChI is InChI=1S/C23H27ClO7/c1-2-29-14-5-3-12(4-6-14)9-13-10-16(22-15(18(13)24)7-8-30-22)23-21(28)20(27)19(26)17(11-25)31-23/h3-6,10,17,19-21,23,25-28H,2,7-9,11H2,1H3/t17-,19-,20?,21-,23+/m1/s1. The van der Waals surface area contributed by atoms with E-state index in [2.05, 4.69) is 0 Å². The van der Waals surface area contributed by atoms with Gasteiger partial charge >= 0.3 is 0 Å². The van der Waals surface area contributed by atoms with E-state index < -0.39 is 37.1 Å². The van der Waals surface area contributed by atoms with E-state index in [9.17, 15) is 20.4 Å². The van der Waals surface area contributed by atoms with Crippen LogP contribution in [0, 0.1) is 0 Å². The summed E-state index contributed by atoms with van der Waals surface area (Å²) in [7, 11) is 0. The van der Waals surface area contributed by atoms with Crippen LogP contribution in [0.5, 0.6) is 11.5 Å². The van der Waals surface area contributed by atoms with Crippen molar-refractivity contribution in [3.8, 4) is 11.5 Å². The van der Waals surface area contributed by atoms with Gasteiger partial charge in [-0.3, -0.25) is 0 Å². The SMILES string of the molecule is CCOc1ccc(Cc2cc([C@@H]3O[C@H](CO)[C@@H](O)C(O)[C@H]3O)c3c(c2Cl)CCO3)cc1. The minimum Gasteiger partial charge on any atom is -0.494 e. The van der Waals surface area contributed by atoms with Gasteiger partial charge in [0, 0.05) is 17.5 Å². The van der Waals surface area contributed by atoms with E-state index in [0.29, 0.717) is 42.4 Å². The Hall–Kier alpha value is -1.87. The Labute approximate surface area is 185 Å². The van der Waals surface area contributed by atoms with Crippen LogP contribution in [0.1, 0.15) is 35.3 Å². The molecule has 31 heavy (non-hydrogen) atoms. The van der Waals surface area contributed by atoms with Crippen LogP contribution in [-0.4, -0.2) is 64.7 Å². The van der Waals surface area contributed by atoms with Gasteiger partial charge in [-0.15, -0.1) is 0 Å². The largest absolute Gasteiger partial charge is 0.494 e. The molecule has 1 saturated heterocycles. The smallest absolute Gasteiger partial charge is 0.130 e. The zero-order chi connectivity index (χ0) is 22.1. The molecule has 7 nitrogen and oxygen atoms in total. The molecule has 1 unspecified atom stereocenters. The Kier molecular flexibility index (Phi) is 6.71. The number of fused-ring (bicyclic) bond motifs is 1. The van der Waals surface area contributed by atoms with Gasteiger partial charge in [-0.2, -0.15) is 0 Å². The number of aliphatic hydroxyl groups is 4. The Morgan fingerprint density at radius 1 is 1.10 bits per heavy atom. The number of hydrogen-bond acceptors (Lipinski definition) is 7. The highest BCUT2D eigenvalue weighted by Gasteiger charge is 2.45. The number of aliphatic hydroxyl groups excluding tert-OH is 4. The van der Waals surface area contributed by atoms with E-state index in [-0.39, 0.29) is 0 Å². The van der Waals surface area contributed by atoms with Gasteiger partial charge in [0.15, 0.2) is 0 Å². The van der Waals surface area contributed by atoms with Gasteiger partial charge in [-0.25, -0.2) is 0 Å². The van der Waals surface area contributed by atoms with Crippen molar-refractivity contribution in [1.29, 1.82) is 0 Å². The maximum absolute atomic E-state index is 10.6. The second-order valence-electron chi connectivity index (χ2n) is 7.85. The van der Waals surface area contributed by atoms with Crippen LogP contribution in [-0.2, 0) is 17.6 Å². The second kappa shape index (κ2) is 9.32. The molecular formula is C23H27ClO7. The lowest BCUT2D eigenvalue weighted by molar-refractivity contribution is -0.232. The van der Waals surface area contributed by atoms with Crippen LogP contribution in [0.15, 0.2) is 30.3 Å². The average molecular weight is 451 g/mol. The van der Waals surface area contributed by atoms with Gasteiger partial charge in [0.05, 0.1) is 24.8 Å². The normalized spacial score (nSPS) is 27.6. The lowest BCUT2D eigenvalue weighted by Gasteiger charge is -2.40. The highest BCUT2D eigenvalue weighted by atomic mass is 35.5. The van der Waals surface area contributed by atoms with Crippen molar-refractivity contribution in [2.75, 3.05) is 19.8 Å². The van der Waals surface area contributed by atoms with Crippen molar-refractivity contribution in [3.63, 3.8) is 0 Å². The molecule has 2 aliphatic heterocycles.